The Morgan fingerprint density at radius 2 is 1.73 bits per heavy atom. The van der Waals surface area contributed by atoms with E-state index >= 15 is 0 Å². The van der Waals surface area contributed by atoms with Crippen LogP contribution in [-0.2, 0) is 4.79 Å². The molecule has 13 heteroatoms. The van der Waals surface area contributed by atoms with Crippen LogP contribution in [-0.4, -0.2) is 78.2 Å². The van der Waals surface area contributed by atoms with E-state index < -0.39 is 0 Å². The van der Waals surface area contributed by atoms with Gasteiger partial charge < -0.3 is 24.6 Å². The Balaban J connectivity index is 1.60. The number of hydrogen-bond acceptors (Lipinski definition) is 8. The van der Waals surface area contributed by atoms with Crippen molar-refractivity contribution in [2.45, 2.75) is 18.9 Å². The first-order valence-corrected chi connectivity index (χ1v) is 15.0. The molecule has 0 aliphatic carbocycles. The highest BCUT2D eigenvalue weighted by Gasteiger charge is 2.29. The average Bonchev–Trinajstić information content (AvgIpc) is 3.02. The molecule has 2 aromatic carbocycles. The number of aromatic nitrogens is 3. The van der Waals surface area contributed by atoms with Crippen molar-refractivity contribution in [2.24, 2.45) is 0 Å². The lowest BCUT2D eigenvalue weighted by molar-refractivity contribution is -0.127. The minimum atomic E-state index is -0.372. The van der Waals surface area contributed by atoms with Crippen LogP contribution in [0.15, 0.2) is 59.5 Å². The Labute approximate surface area is 270 Å². The van der Waals surface area contributed by atoms with Gasteiger partial charge in [-0.2, -0.15) is 4.98 Å². The number of amides is 1. The molecular weight excluding hydrogens is 622 g/mol. The van der Waals surface area contributed by atoms with Crippen molar-refractivity contribution in [3.8, 4) is 22.6 Å². The number of carbonyl (C=O) groups excluding carboxylic acids is 1. The van der Waals surface area contributed by atoms with Crippen molar-refractivity contribution in [3.05, 3.63) is 81.0 Å². The molecule has 1 saturated heterocycles. The molecule has 236 valence electrons. The minimum absolute atomic E-state index is 0.0728. The maximum atomic E-state index is 14.5. The number of halogens is 3. The smallest absolute Gasteiger partial charge is 0.260 e. The van der Waals surface area contributed by atoms with Gasteiger partial charge in [0.25, 0.3) is 5.56 Å². The molecule has 0 saturated carbocycles. The second-order valence-corrected chi connectivity index (χ2v) is 11.6. The largest absolute Gasteiger partial charge is 0.495 e. The Morgan fingerprint density at radius 3 is 2.33 bits per heavy atom. The fourth-order valence-electron chi connectivity index (χ4n) is 5.30. The molecule has 1 N–H and O–H groups in total. The molecule has 0 spiro atoms. The summed E-state index contributed by atoms with van der Waals surface area (Å²) in [7, 11) is 6.79. The molecule has 1 amide bonds. The monoisotopic (exact) mass is 654 g/mol. The number of nitrogens with zero attached hydrogens (tertiary/aromatic N) is 5. The fraction of sp³-hybridized carbons (Fsp3) is 0.312. The van der Waals surface area contributed by atoms with Crippen molar-refractivity contribution in [3.63, 3.8) is 0 Å². The van der Waals surface area contributed by atoms with Gasteiger partial charge in [0.1, 0.15) is 23.0 Å². The summed E-state index contributed by atoms with van der Waals surface area (Å²) in [6, 6.07) is 8.70. The van der Waals surface area contributed by atoms with Gasteiger partial charge in [0.2, 0.25) is 11.9 Å². The highest BCUT2D eigenvalue weighted by molar-refractivity contribution is 6.41. The number of fused-ring (bicyclic) bond motifs is 1. The third-order valence-electron chi connectivity index (χ3n) is 7.59. The second-order valence-electron chi connectivity index (χ2n) is 10.8. The molecule has 3 heterocycles. The number of nitrogens with one attached hydrogen (secondary N) is 1. The number of benzene rings is 2. The summed E-state index contributed by atoms with van der Waals surface area (Å²) in [5.41, 5.74) is 1.09. The average molecular weight is 656 g/mol. The van der Waals surface area contributed by atoms with Gasteiger partial charge in [-0.25, -0.2) is 9.37 Å². The lowest BCUT2D eigenvalue weighted by atomic mass is 10.0. The summed E-state index contributed by atoms with van der Waals surface area (Å²) >= 11 is 13.5. The number of anilines is 2. The summed E-state index contributed by atoms with van der Waals surface area (Å²) in [6.07, 6.45) is 6.04. The quantitative estimate of drug-likeness (QED) is 0.221. The van der Waals surface area contributed by atoms with E-state index in [1.165, 1.54) is 26.4 Å². The number of hydrogen-bond donors (Lipinski definition) is 1. The van der Waals surface area contributed by atoms with Crippen LogP contribution >= 0.6 is 23.2 Å². The Bertz CT molecular complexity index is 1780. The normalized spacial score (nSPS) is 14.0. The predicted octanol–water partition coefficient (Wildman–Crippen LogP) is 5.95. The van der Waals surface area contributed by atoms with E-state index in [2.05, 4.69) is 10.3 Å². The van der Waals surface area contributed by atoms with Crippen LogP contribution in [0.4, 0.5) is 16.0 Å². The van der Waals surface area contributed by atoms with Gasteiger partial charge in [-0.15, -0.1) is 0 Å². The van der Waals surface area contributed by atoms with Gasteiger partial charge in [0.05, 0.1) is 29.8 Å². The van der Waals surface area contributed by atoms with Crippen molar-refractivity contribution in [1.29, 1.82) is 0 Å². The zero-order valence-corrected chi connectivity index (χ0v) is 26.8. The van der Waals surface area contributed by atoms with Gasteiger partial charge in [-0.1, -0.05) is 29.3 Å². The molecule has 45 heavy (non-hydrogen) atoms. The lowest BCUT2D eigenvalue weighted by Gasteiger charge is -2.33. The molecule has 5 rings (SSSR count). The van der Waals surface area contributed by atoms with Crippen molar-refractivity contribution in [1.82, 2.24) is 24.3 Å². The van der Waals surface area contributed by atoms with E-state index in [1.54, 1.807) is 46.0 Å². The first kappa shape index (κ1) is 32.2. The Hall–Kier alpha value is -4.19. The molecule has 1 aliphatic rings. The van der Waals surface area contributed by atoms with E-state index in [-0.39, 0.29) is 50.4 Å². The molecule has 0 atom stereocenters. The minimum Gasteiger partial charge on any atom is -0.495 e. The lowest BCUT2D eigenvalue weighted by Crippen LogP contribution is -2.40. The van der Waals surface area contributed by atoms with E-state index in [0.717, 1.165) is 0 Å². The predicted molar refractivity (Wildman–Crippen MR) is 175 cm³/mol. The number of carbonyl (C=O) groups is 1. The number of ether oxygens (including phenoxy) is 2. The van der Waals surface area contributed by atoms with Gasteiger partial charge in [-0.3, -0.25) is 14.2 Å². The summed E-state index contributed by atoms with van der Waals surface area (Å²) in [4.78, 5) is 40.2. The van der Waals surface area contributed by atoms with Gasteiger partial charge in [0.15, 0.2) is 0 Å². The Morgan fingerprint density at radius 1 is 1.09 bits per heavy atom. The van der Waals surface area contributed by atoms with Crippen molar-refractivity contribution in [2.75, 3.05) is 53.3 Å². The molecule has 0 unspecified atom stereocenters. The van der Waals surface area contributed by atoms with E-state index in [0.29, 0.717) is 60.7 Å². The zero-order valence-electron chi connectivity index (χ0n) is 25.3. The maximum absolute atomic E-state index is 14.5. The molecule has 2 aromatic heterocycles. The number of likely N-dealkylation sites (tertiary alicyclic amines) is 1. The van der Waals surface area contributed by atoms with Crippen LogP contribution in [0.25, 0.3) is 22.2 Å². The number of methoxy groups -OCH3 is 2. The molecule has 0 radical (unpaired) electrons. The molecule has 0 bridgehead atoms. The topological polar surface area (TPSA) is 102 Å². The zero-order chi connectivity index (χ0) is 32.2. The van der Waals surface area contributed by atoms with E-state index in [9.17, 15) is 14.0 Å². The third kappa shape index (κ3) is 6.90. The SMILES string of the molecule is COc1cc(OC)c(Cl)c(-c2cc3cnc(Nc4ccc(F)cc4)nc3n(C3CCN(C(=O)/C=C/CN(C)C)CC3)c2=O)c1Cl. The third-order valence-corrected chi connectivity index (χ3v) is 8.34. The fourth-order valence-corrected chi connectivity index (χ4v) is 6.00. The molecule has 10 nitrogen and oxygen atoms in total. The number of likely N-dealkylation sites (N-methyl/N-ethyl adjacent to an activating group) is 1. The molecule has 1 aliphatic heterocycles. The standard InChI is InChI=1S/C32H33Cl2FN6O4/c1-39(2)13-5-6-26(42)40-14-11-22(12-15-40)41-30-19(18-36-32(38-30)37-21-9-7-20(35)8-10-21)16-23(31(41)43)27-28(33)24(44-3)17-25(45-4)29(27)34/h5-10,16-18,22H,11-15H2,1-4H3,(H,36,37,38)/b6-5+. The highest BCUT2D eigenvalue weighted by atomic mass is 35.5. The second kappa shape index (κ2) is 13.8. The van der Waals surface area contributed by atoms with Crippen LogP contribution in [0.3, 0.4) is 0 Å². The Kier molecular flexibility index (Phi) is 9.91. The van der Waals surface area contributed by atoms with E-state index in [1.807, 2.05) is 25.1 Å². The van der Waals surface area contributed by atoms with Crippen molar-refractivity contribution < 1.29 is 18.7 Å². The van der Waals surface area contributed by atoms with E-state index in [4.69, 9.17) is 37.7 Å². The first-order chi connectivity index (χ1) is 21.6. The van der Waals surface area contributed by atoms with Crippen molar-refractivity contribution >= 4 is 51.8 Å². The van der Waals surface area contributed by atoms with Crippen LogP contribution in [0.5, 0.6) is 11.5 Å². The highest BCUT2D eigenvalue weighted by Crippen LogP contribution is 2.45. The number of piperidine rings is 1. The molecular formula is C32H33Cl2FN6O4. The number of rotatable bonds is 9. The first-order valence-electron chi connectivity index (χ1n) is 14.3. The molecule has 4 aromatic rings. The summed E-state index contributed by atoms with van der Waals surface area (Å²) in [5, 5.41) is 3.95. The van der Waals surface area contributed by atoms with Gasteiger partial charge in [0, 0.05) is 60.7 Å². The molecule has 1 fully saturated rings. The summed E-state index contributed by atoms with van der Waals surface area (Å²) in [5.74, 6) is 0.376. The van der Waals surface area contributed by atoms with Crippen LogP contribution in [0.1, 0.15) is 18.9 Å². The number of pyridine rings is 1. The van der Waals surface area contributed by atoms with Gasteiger partial charge >= 0.3 is 0 Å². The van der Waals surface area contributed by atoms with Crippen LogP contribution in [0, 0.1) is 5.82 Å². The maximum Gasteiger partial charge on any atom is 0.260 e. The van der Waals surface area contributed by atoms with Gasteiger partial charge in [-0.05, 0) is 57.3 Å². The summed E-state index contributed by atoms with van der Waals surface area (Å²) in [6.45, 7) is 1.56. The van der Waals surface area contributed by atoms with Crippen LogP contribution < -0.4 is 20.3 Å². The van der Waals surface area contributed by atoms with Crippen LogP contribution in [0.2, 0.25) is 10.0 Å². The summed E-state index contributed by atoms with van der Waals surface area (Å²) < 4.78 is 26.0.